The van der Waals surface area contributed by atoms with E-state index in [0.29, 0.717) is 25.7 Å². The number of aliphatic hydroxyl groups is 2. The van der Waals surface area contributed by atoms with Crippen LogP contribution in [-0.4, -0.2) is 89.2 Å². The first-order chi connectivity index (χ1) is 34.6. The summed E-state index contributed by atoms with van der Waals surface area (Å²) in [6.45, 7) is 5.63. The lowest BCUT2D eigenvalue weighted by Gasteiger charge is -2.40. The summed E-state index contributed by atoms with van der Waals surface area (Å²) in [6, 6.07) is 0. The lowest BCUT2D eigenvalue weighted by Crippen LogP contribution is -2.61. The van der Waals surface area contributed by atoms with Crippen molar-refractivity contribution in [2.24, 2.45) is 0 Å². The van der Waals surface area contributed by atoms with E-state index in [1.807, 2.05) is 24.3 Å². The van der Waals surface area contributed by atoms with Crippen LogP contribution in [-0.2, 0) is 42.9 Å². The molecule has 6 atom stereocenters. The third-order valence-electron chi connectivity index (χ3n) is 11.4. The molecule has 0 aromatic rings. The zero-order valence-corrected chi connectivity index (χ0v) is 43.7. The first-order valence-electron chi connectivity index (χ1n) is 26.9. The number of carboxylic acid groups (broad SMARTS) is 1. The molecule has 1 heterocycles. The van der Waals surface area contributed by atoms with Gasteiger partial charge in [-0.2, -0.15) is 0 Å². The lowest BCUT2D eigenvalue weighted by atomic mass is 9.98. The summed E-state index contributed by atoms with van der Waals surface area (Å²) >= 11 is 0. The molecule has 0 aliphatic carbocycles. The maximum atomic E-state index is 13.1. The number of carbonyl (C=O) groups excluding carboxylic acids is 3. The van der Waals surface area contributed by atoms with Gasteiger partial charge in [-0.15, -0.1) is 0 Å². The molecular weight excluding hydrogens is 901 g/mol. The minimum absolute atomic E-state index is 0.0289. The van der Waals surface area contributed by atoms with E-state index in [-0.39, 0.29) is 25.9 Å². The van der Waals surface area contributed by atoms with Crippen LogP contribution in [0.1, 0.15) is 188 Å². The molecule has 0 bridgehead atoms. The van der Waals surface area contributed by atoms with Crippen LogP contribution in [0.3, 0.4) is 0 Å². The summed E-state index contributed by atoms with van der Waals surface area (Å²) in [7, 11) is 0. The van der Waals surface area contributed by atoms with E-state index in [2.05, 4.69) is 106 Å². The Kier molecular flexibility index (Phi) is 42.1. The number of carbonyl (C=O) groups is 4. The molecule has 0 saturated carbocycles. The smallest absolute Gasteiger partial charge is 0.335 e. The van der Waals surface area contributed by atoms with Crippen molar-refractivity contribution < 1.29 is 58.2 Å². The van der Waals surface area contributed by atoms with E-state index in [9.17, 15) is 34.5 Å². The molecule has 12 heteroatoms. The van der Waals surface area contributed by atoms with Crippen LogP contribution in [0, 0.1) is 0 Å². The molecule has 1 fully saturated rings. The first-order valence-corrected chi connectivity index (χ1v) is 26.9. The average Bonchev–Trinajstić information content (AvgIpc) is 3.35. The van der Waals surface area contributed by atoms with Gasteiger partial charge in [0, 0.05) is 19.3 Å². The summed E-state index contributed by atoms with van der Waals surface area (Å²) in [5.41, 5.74) is 0. The topological polar surface area (TPSA) is 175 Å². The van der Waals surface area contributed by atoms with Crippen molar-refractivity contribution in [1.29, 1.82) is 0 Å². The van der Waals surface area contributed by atoms with Gasteiger partial charge in [-0.25, -0.2) is 4.79 Å². The van der Waals surface area contributed by atoms with Crippen LogP contribution in [0.5, 0.6) is 0 Å². The SMILES string of the molecule is CC/C=C\C/C=C\C/C=C\C/C=C\C/C=C\CCCC(=O)OC1C(OCC(COC(=O)CC/C=C\C/C=C\C/C=C\C/C=C\CC)OC(=O)CCCCCCCCCCCCC)OC(C(=O)O)C(O)C1O. The summed E-state index contributed by atoms with van der Waals surface area (Å²) in [5, 5.41) is 31.3. The highest BCUT2D eigenvalue weighted by molar-refractivity contribution is 5.74. The van der Waals surface area contributed by atoms with Crippen molar-refractivity contribution in [2.45, 2.75) is 225 Å². The minimum Gasteiger partial charge on any atom is -0.479 e. The van der Waals surface area contributed by atoms with Gasteiger partial charge in [0.05, 0.1) is 6.61 Å². The predicted molar refractivity (Wildman–Crippen MR) is 284 cm³/mol. The molecule has 0 aromatic heterocycles. The molecule has 12 nitrogen and oxygen atoms in total. The Hall–Kier alpha value is -4.62. The second kappa shape index (κ2) is 46.5. The zero-order valence-electron chi connectivity index (χ0n) is 43.7. The number of unbranched alkanes of at least 4 members (excludes halogenated alkanes) is 11. The van der Waals surface area contributed by atoms with Crippen LogP contribution in [0.2, 0.25) is 0 Å². The summed E-state index contributed by atoms with van der Waals surface area (Å²) in [6.07, 6.45) is 49.5. The molecular formula is C59H92O12. The number of hydrogen-bond donors (Lipinski definition) is 3. The Morgan fingerprint density at radius 1 is 0.479 bits per heavy atom. The van der Waals surface area contributed by atoms with E-state index in [0.717, 1.165) is 77.0 Å². The van der Waals surface area contributed by atoms with Crippen molar-refractivity contribution in [3.8, 4) is 0 Å². The van der Waals surface area contributed by atoms with Crippen LogP contribution in [0.25, 0.3) is 0 Å². The molecule has 0 radical (unpaired) electrons. The molecule has 1 aliphatic heterocycles. The van der Waals surface area contributed by atoms with Crippen molar-refractivity contribution in [1.82, 2.24) is 0 Å². The summed E-state index contributed by atoms with van der Waals surface area (Å²) < 4.78 is 28.1. The minimum atomic E-state index is -1.93. The van der Waals surface area contributed by atoms with Gasteiger partial charge in [-0.3, -0.25) is 14.4 Å². The van der Waals surface area contributed by atoms with Crippen LogP contribution < -0.4 is 0 Å². The Morgan fingerprint density at radius 2 is 0.915 bits per heavy atom. The number of esters is 3. The van der Waals surface area contributed by atoms with Crippen LogP contribution in [0.15, 0.2) is 109 Å². The first kappa shape index (κ1) is 64.4. The molecule has 0 amide bonds. The van der Waals surface area contributed by atoms with Gasteiger partial charge in [0.1, 0.15) is 18.8 Å². The number of aliphatic hydroxyl groups excluding tert-OH is 2. The zero-order chi connectivity index (χ0) is 51.8. The van der Waals surface area contributed by atoms with Gasteiger partial charge in [0.25, 0.3) is 0 Å². The quantitative estimate of drug-likeness (QED) is 0.0229. The number of carboxylic acids is 1. The van der Waals surface area contributed by atoms with E-state index in [1.54, 1.807) is 0 Å². The summed E-state index contributed by atoms with van der Waals surface area (Å²) in [4.78, 5) is 50.8. The average molecular weight is 993 g/mol. The van der Waals surface area contributed by atoms with Crippen LogP contribution in [0.4, 0.5) is 0 Å². The van der Waals surface area contributed by atoms with Crippen LogP contribution >= 0.6 is 0 Å². The van der Waals surface area contributed by atoms with Gasteiger partial charge in [-0.05, 0) is 83.5 Å². The highest BCUT2D eigenvalue weighted by atomic mass is 16.7. The Balaban J connectivity index is 2.79. The highest BCUT2D eigenvalue weighted by Crippen LogP contribution is 2.26. The van der Waals surface area contributed by atoms with E-state index < -0.39 is 67.3 Å². The van der Waals surface area contributed by atoms with Crippen molar-refractivity contribution in [3.63, 3.8) is 0 Å². The molecule has 1 aliphatic rings. The summed E-state index contributed by atoms with van der Waals surface area (Å²) in [5.74, 6) is -3.32. The monoisotopic (exact) mass is 993 g/mol. The lowest BCUT2D eigenvalue weighted by molar-refractivity contribution is -0.301. The standard InChI is InChI=1S/C59H92O12/c1-4-7-10-13-16-19-22-24-25-26-27-29-32-35-38-41-44-47-53(62)70-57-55(64)54(63)56(58(65)66)71-59(57)68-49-50(69-52(61)46-43-40-37-34-30-21-18-15-12-9-6-3)48-67-51(60)45-42-39-36-33-31-28-23-20-17-14-11-8-5-2/h7-8,10-11,16-17,19-20,24-25,27-29,31,35-36,38-39,50,54-57,59,63-64H,4-6,9,12-15,18,21-23,26,30,32-34,37,40-49H2,1-3H3,(H,65,66)/b10-7-,11-8-,19-16-,20-17-,25-24-,29-27-,31-28-,38-35-,39-36-. The van der Waals surface area contributed by atoms with Crippen molar-refractivity contribution in [3.05, 3.63) is 109 Å². The Labute approximate surface area is 427 Å². The highest BCUT2D eigenvalue weighted by Gasteiger charge is 2.50. The van der Waals surface area contributed by atoms with Crippen molar-refractivity contribution in [2.75, 3.05) is 13.2 Å². The maximum Gasteiger partial charge on any atom is 0.335 e. The Bertz CT molecular complexity index is 1650. The molecule has 6 unspecified atom stereocenters. The predicted octanol–water partition coefficient (Wildman–Crippen LogP) is 13.1. The molecule has 0 aromatic carbocycles. The fourth-order valence-corrected chi connectivity index (χ4v) is 7.30. The number of allylic oxidation sites excluding steroid dienone is 18. The number of ether oxygens (including phenoxy) is 5. The maximum absolute atomic E-state index is 13.1. The molecule has 1 saturated heterocycles. The van der Waals surface area contributed by atoms with Gasteiger partial charge in [0.15, 0.2) is 24.6 Å². The number of hydrogen-bond acceptors (Lipinski definition) is 11. The fraction of sp³-hybridized carbons (Fsp3) is 0.627. The Morgan fingerprint density at radius 3 is 1.39 bits per heavy atom. The molecule has 0 spiro atoms. The van der Waals surface area contributed by atoms with Gasteiger partial charge < -0.3 is 39.0 Å². The van der Waals surface area contributed by atoms with Gasteiger partial charge in [-0.1, -0.05) is 194 Å². The van der Waals surface area contributed by atoms with E-state index >= 15 is 0 Å². The number of aliphatic carboxylic acids is 1. The third-order valence-corrected chi connectivity index (χ3v) is 11.4. The second-order valence-corrected chi connectivity index (χ2v) is 17.8. The molecule has 3 N–H and O–H groups in total. The molecule has 71 heavy (non-hydrogen) atoms. The normalized spacial score (nSPS) is 19.4. The van der Waals surface area contributed by atoms with E-state index in [4.69, 9.17) is 23.7 Å². The number of rotatable bonds is 43. The van der Waals surface area contributed by atoms with Gasteiger partial charge in [0.2, 0.25) is 0 Å². The molecule has 400 valence electrons. The third kappa shape index (κ3) is 36.9. The molecule has 1 rings (SSSR count). The van der Waals surface area contributed by atoms with Crippen molar-refractivity contribution >= 4 is 23.9 Å². The second-order valence-electron chi connectivity index (χ2n) is 17.8. The largest absolute Gasteiger partial charge is 0.479 e. The van der Waals surface area contributed by atoms with Gasteiger partial charge >= 0.3 is 23.9 Å². The van der Waals surface area contributed by atoms with E-state index in [1.165, 1.54) is 44.9 Å². The fourth-order valence-electron chi connectivity index (χ4n) is 7.30.